The van der Waals surface area contributed by atoms with E-state index in [9.17, 15) is 4.79 Å². The van der Waals surface area contributed by atoms with Gasteiger partial charge in [-0.2, -0.15) is 0 Å². The van der Waals surface area contributed by atoms with E-state index in [-0.39, 0.29) is 19.1 Å². The molecule has 1 aromatic heterocycles. The smallest absolute Gasteiger partial charge is 0.246 e. The Labute approximate surface area is 105 Å². The van der Waals surface area contributed by atoms with Crippen molar-refractivity contribution in [3.8, 4) is 11.8 Å². The molecule has 17 heavy (non-hydrogen) atoms. The monoisotopic (exact) mass is 253 g/mol. The molecule has 0 atom stereocenters. The molecule has 4 nitrogen and oxygen atoms in total. The molecule has 0 bridgehead atoms. The molecule has 1 amide bonds. The highest BCUT2D eigenvalue weighted by molar-refractivity contribution is 7.12. The molecule has 0 aromatic carbocycles. The topological polar surface area (TPSA) is 58.6 Å². The Bertz CT molecular complexity index is 417. The van der Waals surface area contributed by atoms with E-state index in [0.29, 0.717) is 13.0 Å². The lowest BCUT2D eigenvalue weighted by atomic mass is 10.4. The normalized spacial score (nSPS) is 9.53. The zero-order valence-corrected chi connectivity index (χ0v) is 10.5. The van der Waals surface area contributed by atoms with Crippen LogP contribution in [0.5, 0.6) is 0 Å². The third kappa shape index (κ3) is 5.50. The van der Waals surface area contributed by atoms with Gasteiger partial charge in [0.1, 0.15) is 6.61 Å². The molecule has 0 saturated heterocycles. The van der Waals surface area contributed by atoms with Gasteiger partial charge in [-0.05, 0) is 12.1 Å². The largest absolute Gasteiger partial charge is 0.395 e. The SMILES string of the molecule is COCC(=O)NCc1ccc(C#CCCO)s1. The van der Waals surface area contributed by atoms with E-state index in [0.717, 1.165) is 9.75 Å². The molecular weight excluding hydrogens is 238 g/mol. The van der Waals surface area contributed by atoms with Crippen molar-refractivity contribution in [2.75, 3.05) is 20.3 Å². The van der Waals surface area contributed by atoms with Crippen molar-refractivity contribution in [1.29, 1.82) is 0 Å². The van der Waals surface area contributed by atoms with Crippen molar-refractivity contribution >= 4 is 17.2 Å². The number of rotatable bonds is 5. The van der Waals surface area contributed by atoms with Crippen LogP contribution in [0.2, 0.25) is 0 Å². The van der Waals surface area contributed by atoms with Gasteiger partial charge >= 0.3 is 0 Å². The van der Waals surface area contributed by atoms with Gasteiger partial charge < -0.3 is 15.2 Å². The van der Waals surface area contributed by atoms with Gasteiger partial charge in [-0.25, -0.2) is 0 Å². The number of thiophene rings is 1. The van der Waals surface area contributed by atoms with E-state index in [1.54, 1.807) is 0 Å². The van der Waals surface area contributed by atoms with Crippen molar-refractivity contribution in [2.24, 2.45) is 0 Å². The van der Waals surface area contributed by atoms with Crippen LogP contribution in [0.25, 0.3) is 0 Å². The number of nitrogens with one attached hydrogen (secondary N) is 1. The summed E-state index contributed by atoms with van der Waals surface area (Å²) in [6, 6.07) is 3.84. The fraction of sp³-hybridized carbons (Fsp3) is 0.417. The lowest BCUT2D eigenvalue weighted by molar-refractivity contribution is -0.124. The molecular formula is C12H15NO3S. The molecule has 0 aliphatic heterocycles. The fourth-order valence-corrected chi connectivity index (χ4v) is 1.94. The van der Waals surface area contributed by atoms with Crippen molar-refractivity contribution in [1.82, 2.24) is 5.32 Å². The Morgan fingerprint density at radius 1 is 1.59 bits per heavy atom. The summed E-state index contributed by atoms with van der Waals surface area (Å²) >= 11 is 1.53. The van der Waals surface area contributed by atoms with Gasteiger partial charge in [0.25, 0.3) is 0 Å². The number of hydrogen-bond acceptors (Lipinski definition) is 4. The summed E-state index contributed by atoms with van der Waals surface area (Å²) < 4.78 is 4.71. The van der Waals surface area contributed by atoms with Crippen LogP contribution in [0.15, 0.2) is 12.1 Å². The predicted octanol–water partition coefficient (Wildman–Crippen LogP) is 0.745. The Balaban J connectivity index is 2.41. The standard InChI is InChI=1S/C12H15NO3S/c1-16-9-12(15)13-8-11-6-5-10(17-11)4-2-3-7-14/h5-6,14H,3,7-9H2,1H3,(H,13,15). The third-order valence-electron chi connectivity index (χ3n) is 1.85. The zero-order chi connectivity index (χ0) is 12.5. The first-order valence-corrected chi connectivity index (χ1v) is 6.02. The van der Waals surface area contributed by atoms with Crippen LogP contribution in [0.4, 0.5) is 0 Å². The lowest BCUT2D eigenvalue weighted by Crippen LogP contribution is -2.26. The van der Waals surface area contributed by atoms with Crippen molar-refractivity contribution in [3.05, 3.63) is 21.9 Å². The van der Waals surface area contributed by atoms with E-state index < -0.39 is 0 Å². The summed E-state index contributed by atoms with van der Waals surface area (Å²) in [5.74, 6) is 5.67. The summed E-state index contributed by atoms with van der Waals surface area (Å²) in [7, 11) is 1.49. The second-order valence-corrected chi connectivity index (χ2v) is 4.42. The van der Waals surface area contributed by atoms with Crippen molar-refractivity contribution < 1.29 is 14.6 Å². The first-order chi connectivity index (χ1) is 8.26. The van der Waals surface area contributed by atoms with Crippen LogP contribution in [-0.2, 0) is 16.1 Å². The Hall–Kier alpha value is -1.35. The van der Waals surface area contributed by atoms with Crippen LogP contribution < -0.4 is 5.32 Å². The van der Waals surface area contributed by atoms with Gasteiger partial charge in [-0.15, -0.1) is 11.3 Å². The number of aliphatic hydroxyl groups is 1. The third-order valence-corrected chi connectivity index (χ3v) is 2.85. The molecule has 92 valence electrons. The Morgan fingerprint density at radius 2 is 2.41 bits per heavy atom. The Kier molecular flexibility index (Phi) is 6.33. The molecule has 2 N–H and O–H groups in total. The van der Waals surface area contributed by atoms with Gasteiger partial charge in [0, 0.05) is 18.4 Å². The van der Waals surface area contributed by atoms with Gasteiger partial charge in [-0.3, -0.25) is 4.79 Å². The highest BCUT2D eigenvalue weighted by atomic mass is 32.1. The molecule has 5 heteroatoms. The average Bonchev–Trinajstić information content (AvgIpc) is 2.75. The Morgan fingerprint density at radius 3 is 3.12 bits per heavy atom. The number of ether oxygens (including phenoxy) is 1. The maximum atomic E-state index is 11.1. The summed E-state index contributed by atoms with van der Waals surface area (Å²) in [5, 5.41) is 11.3. The van der Waals surface area contributed by atoms with E-state index in [1.807, 2.05) is 12.1 Å². The molecule has 0 fully saturated rings. The van der Waals surface area contributed by atoms with Crippen LogP contribution in [-0.4, -0.2) is 31.3 Å². The highest BCUT2D eigenvalue weighted by Gasteiger charge is 2.01. The molecule has 0 aliphatic carbocycles. The first kappa shape index (κ1) is 13.7. The molecule has 0 spiro atoms. The summed E-state index contributed by atoms with van der Waals surface area (Å²) in [6.07, 6.45) is 0.484. The van der Waals surface area contributed by atoms with Crippen LogP contribution in [0, 0.1) is 11.8 Å². The molecule has 0 aliphatic rings. The molecule has 0 saturated carbocycles. The molecule has 1 aromatic rings. The quantitative estimate of drug-likeness (QED) is 0.761. The van der Waals surface area contributed by atoms with Gasteiger partial charge in [0.05, 0.1) is 18.0 Å². The van der Waals surface area contributed by atoms with E-state index in [4.69, 9.17) is 9.84 Å². The molecule has 1 rings (SSSR count). The number of amides is 1. The summed E-state index contributed by atoms with van der Waals surface area (Å²) in [6.45, 7) is 0.654. The van der Waals surface area contributed by atoms with E-state index in [1.165, 1.54) is 18.4 Å². The number of methoxy groups -OCH3 is 1. The number of hydrogen-bond donors (Lipinski definition) is 2. The minimum Gasteiger partial charge on any atom is -0.395 e. The predicted molar refractivity (Wildman–Crippen MR) is 66.6 cm³/mol. The van der Waals surface area contributed by atoms with E-state index in [2.05, 4.69) is 17.2 Å². The highest BCUT2D eigenvalue weighted by Crippen LogP contribution is 2.14. The van der Waals surface area contributed by atoms with Crippen molar-refractivity contribution in [3.63, 3.8) is 0 Å². The fourth-order valence-electron chi connectivity index (χ4n) is 1.11. The minimum absolute atomic E-state index is 0.0779. The number of carbonyl (C=O) groups is 1. The van der Waals surface area contributed by atoms with Crippen molar-refractivity contribution in [2.45, 2.75) is 13.0 Å². The second-order valence-electron chi connectivity index (χ2n) is 3.25. The minimum atomic E-state index is -0.131. The maximum Gasteiger partial charge on any atom is 0.246 e. The molecule has 0 unspecified atom stereocenters. The van der Waals surface area contributed by atoms with Crippen LogP contribution >= 0.6 is 11.3 Å². The first-order valence-electron chi connectivity index (χ1n) is 5.20. The van der Waals surface area contributed by atoms with Gasteiger partial charge in [-0.1, -0.05) is 11.8 Å². The van der Waals surface area contributed by atoms with Gasteiger partial charge in [0.15, 0.2) is 0 Å². The average molecular weight is 253 g/mol. The van der Waals surface area contributed by atoms with Gasteiger partial charge in [0.2, 0.25) is 5.91 Å². The van der Waals surface area contributed by atoms with Crippen LogP contribution in [0.1, 0.15) is 16.2 Å². The maximum absolute atomic E-state index is 11.1. The summed E-state index contributed by atoms with van der Waals surface area (Å²) in [4.78, 5) is 13.1. The molecule has 0 radical (unpaired) electrons. The molecule has 1 heterocycles. The number of aliphatic hydroxyl groups excluding tert-OH is 1. The van der Waals surface area contributed by atoms with E-state index >= 15 is 0 Å². The summed E-state index contributed by atoms with van der Waals surface area (Å²) in [5.41, 5.74) is 0. The zero-order valence-electron chi connectivity index (χ0n) is 9.66. The second kappa shape index (κ2) is 7.85. The lowest BCUT2D eigenvalue weighted by Gasteiger charge is -2.01. The number of carbonyl (C=O) groups excluding carboxylic acids is 1. The van der Waals surface area contributed by atoms with Crippen LogP contribution in [0.3, 0.4) is 0 Å².